The molecule has 0 N–H and O–H groups in total. The molecule has 0 radical (unpaired) electrons. The van der Waals surface area contributed by atoms with Gasteiger partial charge in [0, 0.05) is 10.7 Å². The number of pyridine rings is 1. The third-order valence-electron chi connectivity index (χ3n) is 3.31. The van der Waals surface area contributed by atoms with Gasteiger partial charge in [0.15, 0.2) is 5.76 Å². The van der Waals surface area contributed by atoms with E-state index in [0.717, 1.165) is 5.56 Å². The normalized spacial score (nSPS) is 11.3. The van der Waals surface area contributed by atoms with Crippen molar-refractivity contribution in [3.8, 4) is 5.88 Å². The molecule has 0 spiro atoms. The number of carbonyl (C=O) groups is 1. The highest BCUT2D eigenvalue weighted by Gasteiger charge is 2.24. The van der Waals surface area contributed by atoms with Gasteiger partial charge < -0.3 is 8.60 Å². The summed E-state index contributed by atoms with van der Waals surface area (Å²) >= 11 is 3.21. The van der Waals surface area contributed by atoms with Gasteiger partial charge in [-0.25, -0.2) is 4.98 Å². The van der Waals surface area contributed by atoms with Crippen LogP contribution in [0.1, 0.15) is 21.7 Å². The summed E-state index contributed by atoms with van der Waals surface area (Å²) in [5.74, 6) is -0.796. The molecule has 3 rings (SSSR count). The van der Waals surface area contributed by atoms with E-state index in [4.69, 9.17) is 8.60 Å². The number of aromatic nitrogens is 1. The molecule has 1 aromatic carbocycles. The number of aryl methyl sites for hydroxylation is 1. The van der Waals surface area contributed by atoms with Crippen molar-refractivity contribution in [2.75, 3.05) is 0 Å². The Labute approximate surface area is 152 Å². The maximum atomic E-state index is 12.5. The summed E-state index contributed by atoms with van der Waals surface area (Å²) in [5, 5.41) is 0. The second-order valence-electron chi connectivity index (χ2n) is 5.16. The molecule has 0 fully saturated rings. The van der Waals surface area contributed by atoms with E-state index in [1.165, 1.54) is 36.7 Å². The Morgan fingerprint density at radius 1 is 1.20 bits per heavy atom. The number of nitrogens with zero attached hydrogens (tertiary/aromatic N) is 1. The van der Waals surface area contributed by atoms with Crippen molar-refractivity contribution < 1.29 is 21.8 Å². The van der Waals surface area contributed by atoms with Gasteiger partial charge in [-0.2, -0.15) is 8.42 Å². The second kappa shape index (κ2) is 6.81. The van der Waals surface area contributed by atoms with E-state index >= 15 is 0 Å². The minimum atomic E-state index is -4.13. The van der Waals surface area contributed by atoms with Gasteiger partial charge in [-0.3, -0.25) is 4.79 Å². The molecule has 0 atom stereocenters. The highest BCUT2D eigenvalue weighted by Crippen LogP contribution is 2.26. The van der Waals surface area contributed by atoms with Crippen molar-refractivity contribution in [2.24, 2.45) is 0 Å². The summed E-state index contributed by atoms with van der Waals surface area (Å²) in [4.78, 5) is 16.4. The van der Waals surface area contributed by atoms with Gasteiger partial charge in [-0.1, -0.05) is 17.7 Å². The van der Waals surface area contributed by atoms with Crippen molar-refractivity contribution in [1.82, 2.24) is 4.98 Å². The SMILES string of the molecule is Cc1ccc(S(=O)(=O)Oc2ncc(Br)cc2C(=O)c2ccco2)cc1. The lowest BCUT2D eigenvalue weighted by molar-refractivity contribution is 0.101. The molecule has 0 bridgehead atoms. The molecule has 128 valence electrons. The molecule has 6 nitrogen and oxygen atoms in total. The standard InChI is InChI=1S/C17H12BrNO5S/c1-11-4-6-13(7-5-11)25(21,22)24-17-14(9-12(18)10-19-17)16(20)15-3-2-8-23-15/h2-10H,1H3. The second-order valence-corrected chi connectivity index (χ2v) is 7.63. The van der Waals surface area contributed by atoms with Gasteiger partial charge in [0.2, 0.25) is 11.7 Å². The Balaban J connectivity index is 2.00. The summed E-state index contributed by atoms with van der Waals surface area (Å²) in [6.07, 6.45) is 2.70. The molecule has 3 aromatic rings. The van der Waals surface area contributed by atoms with E-state index in [1.807, 2.05) is 6.92 Å². The minimum absolute atomic E-state index is 0.0278. The summed E-state index contributed by atoms with van der Waals surface area (Å²) in [7, 11) is -4.13. The lowest BCUT2D eigenvalue weighted by Crippen LogP contribution is -2.14. The van der Waals surface area contributed by atoms with Gasteiger partial charge in [0.1, 0.15) is 4.90 Å². The average molecular weight is 422 g/mol. The Hall–Kier alpha value is -2.45. The van der Waals surface area contributed by atoms with Gasteiger partial charge in [-0.15, -0.1) is 0 Å². The lowest BCUT2D eigenvalue weighted by Gasteiger charge is -2.10. The van der Waals surface area contributed by atoms with Crippen molar-refractivity contribution in [1.29, 1.82) is 0 Å². The topological polar surface area (TPSA) is 86.5 Å². The molecule has 2 heterocycles. The molecule has 0 saturated carbocycles. The number of ketones is 1. The molecule has 8 heteroatoms. The van der Waals surface area contributed by atoms with Crippen LogP contribution in [-0.4, -0.2) is 19.2 Å². The van der Waals surface area contributed by atoms with Crippen LogP contribution in [0.3, 0.4) is 0 Å². The molecule has 0 unspecified atom stereocenters. The molecule has 2 aromatic heterocycles. The Morgan fingerprint density at radius 3 is 2.56 bits per heavy atom. The maximum Gasteiger partial charge on any atom is 0.340 e. The van der Waals surface area contributed by atoms with E-state index in [-0.39, 0.29) is 22.1 Å². The van der Waals surface area contributed by atoms with E-state index in [1.54, 1.807) is 18.2 Å². The van der Waals surface area contributed by atoms with Crippen LogP contribution >= 0.6 is 15.9 Å². The molecular weight excluding hydrogens is 410 g/mol. The Morgan fingerprint density at radius 2 is 1.92 bits per heavy atom. The Kier molecular flexibility index (Phi) is 4.73. The molecule has 25 heavy (non-hydrogen) atoms. The third kappa shape index (κ3) is 3.80. The number of benzene rings is 1. The van der Waals surface area contributed by atoms with E-state index < -0.39 is 15.9 Å². The van der Waals surface area contributed by atoms with Crippen molar-refractivity contribution >= 4 is 31.8 Å². The number of carbonyl (C=O) groups excluding carboxylic acids is 1. The number of furan rings is 1. The molecule has 0 aliphatic carbocycles. The molecule has 0 aliphatic rings. The predicted molar refractivity (Wildman–Crippen MR) is 93.1 cm³/mol. The fourth-order valence-electron chi connectivity index (χ4n) is 2.05. The summed E-state index contributed by atoms with van der Waals surface area (Å²) in [6, 6.07) is 10.6. The number of halogens is 1. The number of hydrogen-bond donors (Lipinski definition) is 0. The molecule has 0 amide bonds. The first kappa shape index (κ1) is 17.4. The smallest absolute Gasteiger partial charge is 0.340 e. The van der Waals surface area contributed by atoms with Crippen LogP contribution < -0.4 is 4.18 Å². The van der Waals surface area contributed by atoms with Crippen LogP contribution in [0.4, 0.5) is 0 Å². The van der Waals surface area contributed by atoms with Crippen molar-refractivity contribution in [3.05, 3.63) is 76.3 Å². The lowest BCUT2D eigenvalue weighted by atomic mass is 10.1. The summed E-state index contributed by atoms with van der Waals surface area (Å²) in [5.41, 5.74) is 0.884. The number of rotatable bonds is 5. The zero-order valence-electron chi connectivity index (χ0n) is 13.0. The van der Waals surface area contributed by atoms with Crippen molar-refractivity contribution in [2.45, 2.75) is 11.8 Å². The molecular formula is C17H12BrNO5S. The third-order valence-corrected chi connectivity index (χ3v) is 4.97. The maximum absolute atomic E-state index is 12.5. The monoisotopic (exact) mass is 421 g/mol. The van der Waals surface area contributed by atoms with Gasteiger partial charge in [0.05, 0.1) is 11.8 Å². The zero-order chi connectivity index (χ0) is 18.0. The molecule has 0 saturated heterocycles. The largest absolute Gasteiger partial charge is 0.461 e. The first-order valence-electron chi connectivity index (χ1n) is 7.12. The highest BCUT2D eigenvalue weighted by molar-refractivity contribution is 9.10. The van der Waals surface area contributed by atoms with Gasteiger partial charge >= 0.3 is 10.1 Å². The van der Waals surface area contributed by atoms with Crippen molar-refractivity contribution in [3.63, 3.8) is 0 Å². The summed E-state index contributed by atoms with van der Waals surface area (Å²) in [6.45, 7) is 1.84. The average Bonchev–Trinajstić information content (AvgIpc) is 3.10. The van der Waals surface area contributed by atoms with Crippen LogP contribution in [-0.2, 0) is 10.1 Å². The van der Waals surface area contributed by atoms with E-state index in [0.29, 0.717) is 4.47 Å². The van der Waals surface area contributed by atoms with E-state index in [2.05, 4.69) is 20.9 Å². The summed E-state index contributed by atoms with van der Waals surface area (Å²) < 4.78 is 35.6. The first-order chi connectivity index (χ1) is 11.9. The zero-order valence-corrected chi connectivity index (χ0v) is 15.4. The van der Waals surface area contributed by atoms with Gasteiger partial charge in [-0.05, 0) is 53.2 Å². The van der Waals surface area contributed by atoms with Crippen LogP contribution in [0.5, 0.6) is 5.88 Å². The van der Waals surface area contributed by atoms with Crippen LogP contribution in [0, 0.1) is 6.92 Å². The minimum Gasteiger partial charge on any atom is -0.461 e. The predicted octanol–water partition coefficient (Wildman–Crippen LogP) is 3.74. The molecule has 0 aliphatic heterocycles. The quantitative estimate of drug-likeness (QED) is 0.460. The van der Waals surface area contributed by atoms with Crippen LogP contribution in [0.2, 0.25) is 0 Å². The first-order valence-corrected chi connectivity index (χ1v) is 9.32. The van der Waals surface area contributed by atoms with Crippen LogP contribution in [0.15, 0.2) is 68.7 Å². The fraction of sp³-hybridized carbons (Fsp3) is 0.0588. The highest BCUT2D eigenvalue weighted by atomic mass is 79.9. The van der Waals surface area contributed by atoms with Crippen LogP contribution in [0.25, 0.3) is 0 Å². The number of hydrogen-bond acceptors (Lipinski definition) is 6. The Bertz CT molecular complexity index is 1010. The fourth-order valence-corrected chi connectivity index (χ4v) is 3.29. The van der Waals surface area contributed by atoms with Gasteiger partial charge in [0.25, 0.3) is 0 Å². The van der Waals surface area contributed by atoms with E-state index in [9.17, 15) is 13.2 Å².